The second-order valence-electron chi connectivity index (χ2n) is 15.0. The molecule has 3 aromatic heterocycles. The molecule has 2 aliphatic heterocycles. The van der Waals surface area contributed by atoms with Crippen LogP contribution in [0.4, 0.5) is 8.78 Å². The molecule has 2 aromatic carbocycles. The Morgan fingerprint density at radius 1 is 1.00 bits per heavy atom. The van der Waals surface area contributed by atoms with E-state index < -0.39 is 17.9 Å². The number of amides is 1. The molecule has 49 heavy (non-hydrogen) atoms. The number of hydrogen-bond acceptors (Lipinski definition) is 6. The van der Waals surface area contributed by atoms with Gasteiger partial charge in [0.1, 0.15) is 34.8 Å². The van der Waals surface area contributed by atoms with Gasteiger partial charge in [-0.3, -0.25) is 9.69 Å². The Bertz CT molecular complexity index is 2150. The van der Waals surface area contributed by atoms with Crippen LogP contribution in [0, 0.1) is 41.2 Å². The molecule has 3 saturated carbocycles. The van der Waals surface area contributed by atoms with E-state index in [1.807, 2.05) is 24.4 Å². The highest BCUT2D eigenvalue weighted by Gasteiger charge is 2.61. The summed E-state index contributed by atoms with van der Waals surface area (Å²) >= 11 is 0. The monoisotopic (exact) mass is 664 g/mol. The van der Waals surface area contributed by atoms with E-state index in [0.717, 1.165) is 71.7 Å². The van der Waals surface area contributed by atoms with Crippen LogP contribution in [0.5, 0.6) is 5.75 Å². The van der Waals surface area contributed by atoms with Gasteiger partial charge in [0.15, 0.2) is 5.82 Å². The first-order valence-electron chi connectivity index (χ1n) is 17.6. The number of methoxy groups -OCH3 is 1. The van der Waals surface area contributed by atoms with Crippen molar-refractivity contribution in [3.8, 4) is 17.3 Å². The van der Waals surface area contributed by atoms with E-state index in [0.29, 0.717) is 60.3 Å². The number of aliphatic hydroxyl groups excluding tert-OH is 1. The van der Waals surface area contributed by atoms with Crippen molar-refractivity contribution in [1.29, 1.82) is 0 Å². The number of rotatable bonds is 9. The minimum atomic E-state index is -1.24. The molecule has 5 atom stereocenters. The molecule has 5 fully saturated rings. The lowest BCUT2D eigenvalue weighted by Crippen LogP contribution is -2.53. The van der Waals surface area contributed by atoms with Crippen LogP contribution in [0.25, 0.3) is 33.6 Å². The largest absolute Gasteiger partial charge is 0.494 e. The van der Waals surface area contributed by atoms with E-state index in [9.17, 15) is 18.7 Å². The lowest BCUT2D eigenvalue weighted by Gasteiger charge is -2.52. The van der Waals surface area contributed by atoms with Crippen molar-refractivity contribution in [2.45, 2.75) is 51.0 Å². The van der Waals surface area contributed by atoms with E-state index in [4.69, 9.17) is 14.7 Å². The lowest BCUT2D eigenvalue weighted by molar-refractivity contribution is -0.0724. The van der Waals surface area contributed by atoms with Gasteiger partial charge < -0.3 is 23.9 Å². The second-order valence-corrected chi connectivity index (χ2v) is 15.0. The van der Waals surface area contributed by atoms with Gasteiger partial charge in [0.2, 0.25) is 0 Å². The number of halogens is 2. The van der Waals surface area contributed by atoms with Crippen molar-refractivity contribution in [3.05, 3.63) is 77.5 Å². The van der Waals surface area contributed by atoms with Crippen molar-refractivity contribution in [2.75, 3.05) is 26.7 Å². The third-order valence-corrected chi connectivity index (χ3v) is 12.1. The van der Waals surface area contributed by atoms with Crippen molar-refractivity contribution < 1.29 is 23.4 Å². The summed E-state index contributed by atoms with van der Waals surface area (Å²) in [5, 5.41) is 12.0. The second kappa shape index (κ2) is 10.8. The predicted octanol–water partition coefficient (Wildman–Crippen LogP) is 5.85. The van der Waals surface area contributed by atoms with E-state index in [2.05, 4.69) is 26.2 Å². The van der Waals surface area contributed by atoms with Gasteiger partial charge in [-0.15, -0.1) is 0 Å². The van der Waals surface area contributed by atoms with E-state index in [-0.39, 0.29) is 17.4 Å². The molecule has 1 N–H and O–H groups in total. The number of likely N-dealkylation sites (tertiary alicyclic amines) is 2. The number of aromatic nitrogens is 4. The minimum Gasteiger partial charge on any atom is -0.494 e. The van der Waals surface area contributed by atoms with Crippen molar-refractivity contribution in [1.82, 2.24) is 28.9 Å². The Balaban J connectivity index is 1.04. The quantitative estimate of drug-likeness (QED) is 0.213. The van der Waals surface area contributed by atoms with Gasteiger partial charge in [0.05, 0.1) is 18.3 Å². The Morgan fingerprint density at radius 2 is 1.84 bits per heavy atom. The summed E-state index contributed by atoms with van der Waals surface area (Å²) in [6, 6.07) is 13.5. The number of fused-ring (bicyclic) bond motifs is 2. The number of benzene rings is 2. The SMILES string of the molecule is COc1cc(C(=O)N2CC3CC4CC2[C@H]43)cc2nc(-c3cc4cccnc4n3CC3CC3)n(CC3CN(C(O)c4cc(F)ccc4F)C3)c12. The molecule has 5 aliphatic rings. The van der Waals surface area contributed by atoms with Crippen LogP contribution in [0.15, 0.2) is 54.7 Å². The van der Waals surface area contributed by atoms with Crippen LogP contribution in [0.3, 0.4) is 0 Å². The fraction of sp³-hybridized carbons (Fsp3) is 0.447. The highest BCUT2D eigenvalue weighted by atomic mass is 19.1. The van der Waals surface area contributed by atoms with Gasteiger partial charge in [0, 0.05) is 67.4 Å². The molecule has 11 heteroatoms. The fourth-order valence-electron chi connectivity index (χ4n) is 9.35. The van der Waals surface area contributed by atoms with Crippen LogP contribution in [0.2, 0.25) is 0 Å². The molecule has 0 bridgehead atoms. The highest BCUT2D eigenvalue weighted by Crippen LogP contribution is 2.61. The standard InChI is InChI=1S/C38H38F2N6O3/c1-49-32-13-24(37(47)45-19-25-9-23-12-30(45)33(23)25)10-29-34(32)46(18-21-15-43(16-21)38(48)27-14-26(39)6-7-28(27)40)36(42-29)31-11-22-3-2-8-41-35(22)44(31)17-20-4-5-20/h2-3,6-8,10-11,13-14,20-21,23,25,30,33,38,48H,4-5,9,12,15-19H2,1H3/t23?,25?,30?,33-,38?/m1/s1. The third kappa shape index (κ3) is 4.58. The van der Waals surface area contributed by atoms with E-state index in [1.165, 1.54) is 19.3 Å². The highest BCUT2D eigenvalue weighted by molar-refractivity contribution is 6.00. The van der Waals surface area contributed by atoms with Crippen LogP contribution < -0.4 is 4.74 Å². The summed E-state index contributed by atoms with van der Waals surface area (Å²) in [4.78, 5) is 27.9. The van der Waals surface area contributed by atoms with Crippen LogP contribution in [0.1, 0.15) is 47.8 Å². The lowest BCUT2D eigenvalue weighted by atomic mass is 9.53. The molecule has 0 radical (unpaired) electrons. The molecule has 0 spiro atoms. The topological polar surface area (TPSA) is 88.7 Å². The van der Waals surface area contributed by atoms with Gasteiger partial charge in [-0.05, 0) is 97.9 Å². The maximum Gasteiger partial charge on any atom is 0.254 e. The summed E-state index contributed by atoms with van der Waals surface area (Å²) in [5.74, 6) is 3.01. The number of carbonyl (C=O) groups excluding carboxylic acids is 1. The summed E-state index contributed by atoms with van der Waals surface area (Å²) < 4.78 is 38.9. The average molecular weight is 665 g/mol. The molecule has 5 aromatic rings. The first-order chi connectivity index (χ1) is 23.8. The normalized spacial score (nSPS) is 25.3. The number of nitrogens with zero attached hydrogens (tertiary/aromatic N) is 6. The molecule has 1 amide bonds. The maximum atomic E-state index is 14.5. The Morgan fingerprint density at radius 3 is 2.61 bits per heavy atom. The number of ether oxygens (including phenoxy) is 1. The average Bonchev–Trinajstić information content (AvgIpc) is 3.72. The fourth-order valence-corrected chi connectivity index (χ4v) is 9.35. The smallest absolute Gasteiger partial charge is 0.254 e. The van der Waals surface area contributed by atoms with Gasteiger partial charge in [-0.25, -0.2) is 18.7 Å². The summed E-state index contributed by atoms with van der Waals surface area (Å²) in [7, 11) is 1.63. The van der Waals surface area contributed by atoms with Gasteiger partial charge in [0.25, 0.3) is 5.91 Å². The molecular weight excluding hydrogens is 626 g/mol. The van der Waals surface area contributed by atoms with Gasteiger partial charge in [-0.2, -0.15) is 0 Å². The zero-order valence-electron chi connectivity index (χ0n) is 27.3. The van der Waals surface area contributed by atoms with Crippen LogP contribution in [-0.4, -0.2) is 72.7 Å². The molecule has 3 aliphatic carbocycles. The summed E-state index contributed by atoms with van der Waals surface area (Å²) in [6.07, 6.45) is 5.32. The summed E-state index contributed by atoms with van der Waals surface area (Å²) in [6.45, 7) is 3.22. The molecular formula is C38H38F2N6O3. The molecule has 2 saturated heterocycles. The van der Waals surface area contributed by atoms with Crippen molar-refractivity contribution in [2.24, 2.45) is 29.6 Å². The number of aliphatic hydroxyl groups is 1. The zero-order valence-corrected chi connectivity index (χ0v) is 27.3. The number of carbonyl (C=O) groups is 1. The molecule has 4 unspecified atom stereocenters. The van der Waals surface area contributed by atoms with E-state index >= 15 is 0 Å². The number of pyridine rings is 1. The summed E-state index contributed by atoms with van der Waals surface area (Å²) in [5.41, 5.74) is 3.92. The number of hydrogen-bond donors (Lipinski definition) is 1. The first kappa shape index (κ1) is 29.6. The van der Waals surface area contributed by atoms with E-state index in [1.54, 1.807) is 12.0 Å². The van der Waals surface area contributed by atoms with Gasteiger partial charge in [-0.1, -0.05) is 0 Å². The molecule has 10 rings (SSSR count). The van der Waals surface area contributed by atoms with Gasteiger partial charge >= 0.3 is 0 Å². The first-order valence-corrected chi connectivity index (χ1v) is 17.6. The number of imidazole rings is 1. The molecule has 252 valence electrons. The predicted molar refractivity (Wildman–Crippen MR) is 179 cm³/mol. The Hall–Kier alpha value is -4.35. The molecule has 5 heterocycles. The third-order valence-electron chi connectivity index (χ3n) is 12.1. The van der Waals surface area contributed by atoms with Crippen molar-refractivity contribution >= 4 is 28.0 Å². The maximum absolute atomic E-state index is 14.5. The van der Waals surface area contributed by atoms with Crippen LogP contribution in [-0.2, 0) is 13.1 Å². The molecule has 9 nitrogen and oxygen atoms in total. The Kier molecular flexibility index (Phi) is 6.53. The minimum absolute atomic E-state index is 0.0504. The Labute approximate surface area is 282 Å². The van der Waals surface area contributed by atoms with Crippen molar-refractivity contribution in [3.63, 3.8) is 0 Å². The van der Waals surface area contributed by atoms with Crippen LogP contribution >= 0.6 is 0 Å². The zero-order chi connectivity index (χ0) is 33.1.